The second-order valence-electron chi connectivity index (χ2n) is 4.86. The molecule has 0 aliphatic heterocycles. The van der Waals surface area contributed by atoms with Crippen LogP contribution in [0.5, 0.6) is 5.75 Å². The van der Waals surface area contributed by atoms with Gasteiger partial charge in [0.05, 0.1) is 12.4 Å². The monoisotopic (exact) mass is 309 g/mol. The normalized spacial score (nSPS) is 12.3. The summed E-state index contributed by atoms with van der Waals surface area (Å²) >= 11 is 6.74. The molecule has 20 heavy (non-hydrogen) atoms. The van der Waals surface area contributed by atoms with Crippen molar-refractivity contribution in [3.8, 4) is 5.75 Å². The van der Waals surface area contributed by atoms with Gasteiger partial charge in [0, 0.05) is 0 Å². The van der Waals surface area contributed by atoms with Gasteiger partial charge < -0.3 is 4.74 Å². The molecule has 0 spiro atoms. The maximum atomic E-state index is 5.77. The predicted octanol–water partition coefficient (Wildman–Crippen LogP) is 3.72. The predicted molar refractivity (Wildman–Crippen MR) is 85.8 cm³/mol. The topological polar surface area (TPSA) is 53.7 Å². The molecule has 1 atom stereocenters. The number of rotatable bonds is 7. The Morgan fingerprint density at radius 1 is 1.30 bits per heavy atom. The summed E-state index contributed by atoms with van der Waals surface area (Å²) in [7, 11) is 0. The molecule has 0 aliphatic carbocycles. The zero-order valence-corrected chi connectivity index (χ0v) is 13.3. The molecule has 2 N–H and O–H groups in total. The summed E-state index contributed by atoms with van der Waals surface area (Å²) in [5, 5.41) is 5.75. The lowest BCUT2D eigenvalue weighted by Gasteiger charge is -2.12. The van der Waals surface area contributed by atoms with Crippen LogP contribution in [0.4, 0.5) is 0 Å². The Morgan fingerprint density at radius 2 is 2.05 bits per heavy atom. The molecule has 0 amide bonds. The highest BCUT2D eigenvalue weighted by Crippen LogP contribution is 2.16. The van der Waals surface area contributed by atoms with E-state index in [1.807, 2.05) is 23.9 Å². The zero-order chi connectivity index (χ0) is 14.4. The molecule has 4 nitrogen and oxygen atoms in total. The van der Waals surface area contributed by atoms with Gasteiger partial charge in [-0.15, -0.1) is 0 Å². The van der Waals surface area contributed by atoms with Crippen molar-refractivity contribution in [2.24, 2.45) is 5.92 Å². The van der Waals surface area contributed by atoms with E-state index in [0.717, 1.165) is 29.7 Å². The Labute approximate surface area is 128 Å². The second kappa shape index (κ2) is 7.50. The van der Waals surface area contributed by atoms with E-state index in [9.17, 15) is 0 Å². The van der Waals surface area contributed by atoms with Crippen molar-refractivity contribution < 1.29 is 4.74 Å². The second-order valence-corrected chi connectivity index (χ2v) is 6.27. The number of benzene rings is 1. The lowest BCUT2D eigenvalue weighted by molar-refractivity contribution is 0.273. The Hall–Kier alpha value is -1.27. The molecule has 2 aromatic rings. The molecule has 0 aliphatic rings. The molecule has 6 heteroatoms. The number of aromatic nitrogens is 3. The van der Waals surface area contributed by atoms with Crippen molar-refractivity contribution in [3.05, 3.63) is 40.4 Å². The maximum Gasteiger partial charge on any atom is 0.213 e. The minimum absolute atomic E-state index is 0.489. The molecular formula is C14H19N3OS2. The Morgan fingerprint density at radius 3 is 2.70 bits per heavy atom. The van der Waals surface area contributed by atoms with Gasteiger partial charge in [-0.05, 0) is 42.9 Å². The third-order valence-electron chi connectivity index (χ3n) is 2.75. The molecule has 1 aromatic heterocycles. The van der Waals surface area contributed by atoms with E-state index in [4.69, 9.17) is 17.0 Å². The Bertz CT molecular complexity index is 577. The smallest absolute Gasteiger partial charge is 0.213 e. The maximum absolute atomic E-state index is 5.77. The highest BCUT2D eigenvalue weighted by atomic mass is 32.2. The fourth-order valence-electron chi connectivity index (χ4n) is 1.65. The number of aromatic amines is 2. The van der Waals surface area contributed by atoms with E-state index >= 15 is 0 Å². The van der Waals surface area contributed by atoms with Gasteiger partial charge in [-0.25, -0.2) is 4.98 Å². The van der Waals surface area contributed by atoms with E-state index in [-0.39, 0.29) is 0 Å². The molecule has 0 fully saturated rings. The van der Waals surface area contributed by atoms with Crippen LogP contribution in [0.15, 0.2) is 24.3 Å². The molecular weight excluding hydrogens is 290 g/mol. The van der Waals surface area contributed by atoms with Crippen LogP contribution in [0.25, 0.3) is 0 Å². The van der Waals surface area contributed by atoms with Gasteiger partial charge in [0.2, 0.25) is 4.77 Å². The number of hydrogen-bond acceptors (Lipinski definition) is 4. The SMILES string of the molecule is Cc1ccc(OCC(C)CSCc2nc(=S)[nH][nH]2)cc1. The van der Waals surface area contributed by atoms with Gasteiger partial charge in [-0.1, -0.05) is 24.6 Å². The van der Waals surface area contributed by atoms with Gasteiger partial charge in [0.1, 0.15) is 11.6 Å². The first-order valence-corrected chi connectivity index (χ1v) is 8.10. The lowest BCUT2D eigenvalue weighted by Crippen LogP contribution is -2.11. The number of nitrogens with zero attached hydrogens (tertiary/aromatic N) is 1. The van der Waals surface area contributed by atoms with E-state index < -0.39 is 0 Å². The molecule has 0 radical (unpaired) electrons. The van der Waals surface area contributed by atoms with Crippen molar-refractivity contribution in [1.29, 1.82) is 0 Å². The lowest BCUT2D eigenvalue weighted by atomic mass is 10.2. The molecule has 1 unspecified atom stereocenters. The third kappa shape index (κ3) is 5.02. The average Bonchev–Trinajstić information content (AvgIpc) is 2.84. The summed E-state index contributed by atoms with van der Waals surface area (Å²) in [4.78, 5) is 4.16. The van der Waals surface area contributed by atoms with Crippen LogP contribution in [0.3, 0.4) is 0 Å². The van der Waals surface area contributed by atoms with Crippen LogP contribution in [-0.2, 0) is 5.75 Å². The van der Waals surface area contributed by atoms with E-state index in [2.05, 4.69) is 41.2 Å². The third-order valence-corrected chi connectivity index (χ3v) is 4.22. The Balaban J connectivity index is 1.66. The van der Waals surface area contributed by atoms with Crippen LogP contribution < -0.4 is 4.74 Å². The van der Waals surface area contributed by atoms with Crippen LogP contribution >= 0.6 is 24.0 Å². The van der Waals surface area contributed by atoms with Crippen LogP contribution in [-0.4, -0.2) is 27.5 Å². The highest BCUT2D eigenvalue weighted by Gasteiger charge is 2.05. The minimum atomic E-state index is 0.489. The number of nitrogens with one attached hydrogen (secondary N) is 2. The summed E-state index contributed by atoms with van der Waals surface area (Å²) in [6, 6.07) is 8.15. The first kappa shape index (κ1) is 15.1. The molecule has 108 valence electrons. The van der Waals surface area contributed by atoms with Crippen molar-refractivity contribution >= 4 is 24.0 Å². The number of aryl methyl sites for hydroxylation is 1. The largest absolute Gasteiger partial charge is 0.493 e. The summed E-state index contributed by atoms with van der Waals surface area (Å²) in [5.41, 5.74) is 1.25. The van der Waals surface area contributed by atoms with Gasteiger partial charge in [0.25, 0.3) is 0 Å². The standard InChI is InChI=1S/C14H19N3OS2/c1-10-3-5-12(6-4-10)18-7-11(2)8-20-9-13-15-14(19)17-16-13/h3-6,11H,7-9H2,1-2H3,(H2,15,16,17,19). The van der Waals surface area contributed by atoms with Crippen molar-refractivity contribution in [1.82, 2.24) is 15.2 Å². The number of thioether (sulfide) groups is 1. The number of H-pyrrole nitrogens is 2. The van der Waals surface area contributed by atoms with Gasteiger partial charge in [0.15, 0.2) is 0 Å². The van der Waals surface area contributed by atoms with Gasteiger partial charge in [-0.3, -0.25) is 10.2 Å². The van der Waals surface area contributed by atoms with Gasteiger partial charge >= 0.3 is 0 Å². The van der Waals surface area contributed by atoms with Crippen molar-refractivity contribution in [2.75, 3.05) is 12.4 Å². The van der Waals surface area contributed by atoms with Crippen LogP contribution in [0.1, 0.15) is 18.3 Å². The Kier molecular flexibility index (Phi) is 5.67. The zero-order valence-electron chi connectivity index (χ0n) is 11.7. The van der Waals surface area contributed by atoms with Crippen LogP contribution in [0, 0.1) is 17.6 Å². The molecule has 1 heterocycles. The summed E-state index contributed by atoms with van der Waals surface area (Å²) < 4.78 is 6.28. The van der Waals surface area contributed by atoms with E-state index in [1.54, 1.807) is 0 Å². The minimum Gasteiger partial charge on any atom is -0.493 e. The first-order chi connectivity index (χ1) is 9.63. The van der Waals surface area contributed by atoms with Gasteiger partial charge in [-0.2, -0.15) is 11.8 Å². The van der Waals surface area contributed by atoms with Crippen molar-refractivity contribution in [2.45, 2.75) is 19.6 Å². The first-order valence-electron chi connectivity index (χ1n) is 6.54. The highest BCUT2D eigenvalue weighted by molar-refractivity contribution is 7.98. The number of ether oxygens (including phenoxy) is 1. The molecule has 0 saturated carbocycles. The molecule has 2 rings (SSSR count). The summed E-state index contributed by atoms with van der Waals surface area (Å²) in [6.07, 6.45) is 0. The number of hydrogen-bond donors (Lipinski definition) is 2. The van der Waals surface area contributed by atoms with E-state index in [0.29, 0.717) is 10.7 Å². The fourth-order valence-corrected chi connectivity index (χ4v) is 2.76. The summed E-state index contributed by atoms with van der Waals surface area (Å²) in [6.45, 7) is 4.99. The molecule has 0 saturated heterocycles. The van der Waals surface area contributed by atoms with E-state index in [1.165, 1.54) is 5.56 Å². The average molecular weight is 309 g/mol. The van der Waals surface area contributed by atoms with Crippen LogP contribution in [0.2, 0.25) is 0 Å². The quantitative estimate of drug-likeness (QED) is 0.765. The fraction of sp³-hybridized carbons (Fsp3) is 0.429. The molecule has 1 aromatic carbocycles. The summed E-state index contributed by atoms with van der Waals surface area (Å²) in [5.74, 6) is 4.18. The molecule has 0 bridgehead atoms. The van der Waals surface area contributed by atoms with Crippen molar-refractivity contribution in [3.63, 3.8) is 0 Å².